The molecular weight excluding hydrogens is 421 g/mol. The lowest BCUT2D eigenvalue weighted by atomic mass is 10.1. The summed E-state index contributed by atoms with van der Waals surface area (Å²) in [5, 5.41) is 1.34. The molecule has 0 bridgehead atoms. The van der Waals surface area contributed by atoms with Gasteiger partial charge >= 0.3 is 6.18 Å². The summed E-state index contributed by atoms with van der Waals surface area (Å²) in [5.74, 6) is -0.127. The largest absolute Gasteiger partial charge is 0.416 e. The van der Waals surface area contributed by atoms with E-state index in [1.54, 1.807) is 11.0 Å². The molecule has 29 heavy (non-hydrogen) atoms. The molecule has 2 aromatic carbocycles. The number of benzene rings is 2. The van der Waals surface area contributed by atoms with Gasteiger partial charge in [-0.25, -0.2) is 0 Å². The van der Waals surface area contributed by atoms with Crippen molar-refractivity contribution in [2.45, 2.75) is 13.1 Å². The highest BCUT2D eigenvalue weighted by atomic mass is 35.5. The van der Waals surface area contributed by atoms with Crippen LogP contribution in [0.5, 0.6) is 0 Å². The molecule has 3 nitrogen and oxygen atoms in total. The molecule has 152 valence electrons. The zero-order valence-corrected chi connectivity index (χ0v) is 17.2. The third-order valence-electron chi connectivity index (χ3n) is 5.08. The summed E-state index contributed by atoms with van der Waals surface area (Å²) >= 11 is 7.83. The summed E-state index contributed by atoms with van der Waals surface area (Å²) in [4.78, 5) is 17.1. The molecule has 2 heterocycles. The van der Waals surface area contributed by atoms with E-state index in [1.807, 2.05) is 30.0 Å². The Labute approximate surface area is 175 Å². The number of fused-ring (bicyclic) bond motifs is 1. The van der Waals surface area contributed by atoms with Gasteiger partial charge in [0.05, 0.1) is 10.6 Å². The Morgan fingerprint density at radius 3 is 2.48 bits per heavy atom. The number of halogens is 4. The molecule has 0 N–H and O–H groups in total. The average molecular weight is 439 g/mol. The summed E-state index contributed by atoms with van der Waals surface area (Å²) in [5.41, 5.74) is 0.951. The van der Waals surface area contributed by atoms with Crippen molar-refractivity contribution in [1.29, 1.82) is 0 Å². The van der Waals surface area contributed by atoms with E-state index in [0.717, 1.165) is 27.8 Å². The van der Waals surface area contributed by atoms with E-state index in [2.05, 4.69) is 0 Å². The van der Waals surface area contributed by atoms with Gasteiger partial charge in [-0.1, -0.05) is 29.8 Å². The van der Waals surface area contributed by atoms with Crippen LogP contribution in [0.4, 0.5) is 18.9 Å². The first-order valence-corrected chi connectivity index (χ1v) is 10.3. The smallest absolute Gasteiger partial charge is 0.368 e. The molecule has 1 aromatic heterocycles. The minimum Gasteiger partial charge on any atom is -0.368 e. The number of piperazine rings is 1. The van der Waals surface area contributed by atoms with Gasteiger partial charge in [-0.2, -0.15) is 13.2 Å². The minimum absolute atomic E-state index is 0.127. The van der Waals surface area contributed by atoms with Crippen LogP contribution in [0, 0.1) is 6.92 Å². The third kappa shape index (κ3) is 3.94. The number of hydrogen-bond donors (Lipinski definition) is 0. The molecule has 0 saturated carbocycles. The first-order valence-electron chi connectivity index (χ1n) is 9.14. The lowest BCUT2D eigenvalue weighted by Crippen LogP contribution is -2.48. The molecule has 1 saturated heterocycles. The molecular formula is C21H18ClF3N2OS. The molecule has 1 fully saturated rings. The van der Waals surface area contributed by atoms with Gasteiger partial charge in [-0.05, 0) is 36.8 Å². The Balaban J connectivity index is 1.49. The Morgan fingerprint density at radius 1 is 1.07 bits per heavy atom. The van der Waals surface area contributed by atoms with Crippen LogP contribution in [0.25, 0.3) is 10.1 Å². The number of carbonyl (C=O) groups is 1. The fourth-order valence-electron chi connectivity index (χ4n) is 3.50. The van der Waals surface area contributed by atoms with Gasteiger partial charge in [0.2, 0.25) is 0 Å². The van der Waals surface area contributed by atoms with E-state index in [4.69, 9.17) is 11.6 Å². The van der Waals surface area contributed by atoms with E-state index in [9.17, 15) is 18.0 Å². The van der Waals surface area contributed by atoms with Crippen LogP contribution in [0.3, 0.4) is 0 Å². The molecule has 0 unspecified atom stereocenters. The number of hydrogen-bond acceptors (Lipinski definition) is 3. The van der Waals surface area contributed by atoms with Crippen LogP contribution in [0.1, 0.15) is 20.8 Å². The van der Waals surface area contributed by atoms with Gasteiger partial charge in [0.1, 0.15) is 4.88 Å². The van der Waals surface area contributed by atoms with Gasteiger partial charge in [-0.15, -0.1) is 11.3 Å². The monoisotopic (exact) mass is 438 g/mol. The second-order valence-electron chi connectivity index (χ2n) is 7.07. The van der Waals surface area contributed by atoms with E-state index in [0.29, 0.717) is 41.8 Å². The van der Waals surface area contributed by atoms with Crippen molar-refractivity contribution < 1.29 is 18.0 Å². The molecule has 4 rings (SSSR count). The standard InChI is InChI=1S/C21H18ClF3N2OS/c1-13-5-6-16-17(11-13)29-19(18(16)22)20(28)27-9-7-26(8-10-27)15-4-2-3-14(12-15)21(23,24)25/h2-6,11-12H,7-10H2,1H3. The fraction of sp³-hybridized carbons (Fsp3) is 0.286. The normalized spacial score (nSPS) is 15.2. The molecule has 1 aliphatic rings. The molecule has 0 spiro atoms. The second-order valence-corrected chi connectivity index (χ2v) is 8.50. The summed E-state index contributed by atoms with van der Waals surface area (Å²) in [6, 6.07) is 11.2. The highest BCUT2D eigenvalue weighted by Crippen LogP contribution is 2.37. The van der Waals surface area contributed by atoms with Crippen LogP contribution in [0.15, 0.2) is 42.5 Å². The van der Waals surface area contributed by atoms with Crippen LogP contribution in [-0.4, -0.2) is 37.0 Å². The maximum Gasteiger partial charge on any atom is 0.416 e. The van der Waals surface area contributed by atoms with E-state index >= 15 is 0 Å². The van der Waals surface area contributed by atoms with Crippen molar-refractivity contribution in [3.05, 3.63) is 63.5 Å². The number of nitrogens with zero attached hydrogens (tertiary/aromatic N) is 2. The molecule has 0 radical (unpaired) electrons. The quantitative estimate of drug-likeness (QED) is 0.501. The zero-order valence-electron chi connectivity index (χ0n) is 15.6. The molecule has 3 aromatic rings. The van der Waals surface area contributed by atoms with Crippen LogP contribution in [-0.2, 0) is 6.18 Å². The lowest BCUT2D eigenvalue weighted by Gasteiger charge is -2.36. The predicted molar refractivity (Wildman–Crippen MR) is 111 cm³/mol. The summed E-state index contributed by atoms with van der Waals surface area (Å²) in [7, 11) is 0. The number of rotatable bonds is 2. The average Bonchev–Trinajstić information content (AvgIpc) is 3.02. The van der Waals surface area contributed by atoms with Crippen LogP contribution in [0.2, 0.25) is 5.02 Å². The maximum absolute atomic E-state index is 13.0. The van der Waals surface area contributed by atoms with Crippen molar-refractivity contribution >= 4 is 44.6 Å². The summed E-state index contributed by atoms with van der Waals surface area (Å²) < 4.78 is 39.8. The Hall–Kier alpha value is -2.25. The molecule has 0 atom stereocenters. The van der Waals surface area contributed by atoms with E-state index in [1.165, 1.54) is 17.4 Å². The third-order valence-corrected chi connectivity index (χ3v) is 6.73. The molecule has 1 aliphatic heterocycles. The predicted octanol–water partition coefficient (Wildman–Crippen LogP) is 5.84. The van der Waals surface area contributed by atoms with Gasteiger partial charge in [0.15, 0.2) is 0 Å². The SMILES string of the molecule is Cc1ccc2c(Cl)c(C(=O)N3CCN(c4cccc(C(F)(F)F)c4)CC3)sc2c1. The van der Waals surface area contributed by atoms with Crippen molar-refractivity contribution in [2.75, 3.05) is 31.1 Å². The topological polar surface area (TPSA) is 23.6 Å². The Morgan fingerprint density at radius 2 is 1.79 bits per heavy atom. The lowest BCUT2D eigenvalue weighted by molar-refractivity contribution is -0.137. The van der Waals surface area contributed by atoms with Gasteiger partial charge in [0.25, 0.3) is 5.91 Å². The molecule has 8 heteroatoms. The minimum atomic E-state index is -4.37. The first kappa shape index (κ1) is 20.0. The van der Waals surface area contributed by atoms with Crippen LogP contribution >= 0.6 is 22.9 Å². The number of anilines is 1. The van der Waals surface area contributed by atoms with Crippen molar-refractivity contribution in [3.63, 3.8) is 0 Å². The Kier molecular flexibility index (Phi) is 5.21. The highest BCUT2D eigenvalue weighted by Gasteiger charge is 2.31. The van der Waals surface area contributed by atoms with Crippen LogP contribution < -0.4 is 4.90 Å². The second kappa shape index (κ2) is 7.54. The summed E-state index contributed by atoms with van der Waals surface area (Å²) in [6.07, 6.45) is -4.37. The fourth-order valence-corrected chi connectivity index (χ4v) is 5.08. The zero-order chi connectivity index (χ0) is 20.8. The summed E-state index contributed by atoms with van der Waals surface area (Å²) in [6.45, 7) is 3.78. The number of alkyl halides is 3. The molecule has 0 aliphatic carbocycles. The van der Waals surface area contributed by atoms with Crippen molar-refractivity contribution in [3.8, 4) is 0 Å². The number of aryl methyl sites for hydroxylation is 1. The number of carbonyl (C=O) groups excluding carboxylic acids is 1. The van der Waals surface area contributed by atoms with Crippen molar-refractivity contribution in [2.24, 2.45) is 0 Å². The maximum atomic E-state index is 13.0. The van der Waals surface area contributed by atoms with E-state index < -0.39 is 11.7 Å². The van der Waals surface area contributed by atoms with Gasteiger partial charge in [-0.3, -0.25) is 4.79 Å². The Bertz CT molecular complexity index is 1070. The van der Waals surface area contributed by atoms with E-state index in [-0.39, 0.29) is 5.91 Å². The number of thiophene rings is 1. The molecule has 1 amide bonds. The van der Waals surface area contributed by atoms with Crippen molar-refractivity contribution in [1.82, 2.24) is 4.90 Å². The highest BCUT2D eigenvalue weighted by molar-refractivity contribution is 7.21. The van der Waals surface area contributed by atoms with Gasteiger partial charge in [0, 0.05) is 42.0 Å². The number of amides is 1. The first-order chi connectivity index (χ1) is 13.7. The van der Waals surface area contributed by atoms with Gasteiger partial charge < -0.3 is 9.80 Å².